The highest BCUT2D eigenvalue weighted by Crippen LogP contribution is 2.34. The fraction of sp³-hybridized carbons (Fsp3) is 0.0952. The van der Waals surface area contributed by atoms with Crippen LogP contribution >= 0.6 is 46.4 Å². The zero-order valence-electron chi connectivity index (χ0n) is 16.5. The third-order valence-corrected chi connectivity index (χ3v) is 5.57. The highest BCUT2D eigenvalue weighted by atomic mass is 35.5. The molecule has 3 N–H and O–H groups in total. The Morgan fingerprint density at radius 1 is 1.12 bits per heavy atom. The van der Waals surface area contributed by atoms with Gasteiger partial charge in [0.25, 0.3) is 5.91 Å². The minimum absolute atomic E-state index is 0.0247. The van der Waals surface area contributed by atoms with Crippen molar-refractivity contribution in [2.75, 3.05) is 12.8 Å². The van der Waals surface area contributed by atoms with Gasteiger partial charge in [0.2, 0.25) is 0 Å². The number of carbonyl (C=O) groups excluding carboxylic acids is 1. The Hall–Kier alpha value is -2.71. The van der Waals surface area contributed by atoms with Crippen LogP contribution in [-0.4, -0.2) is 24.2 Å². The van der Waals surface area contributed by atoms with Crippen molar-refractivity contribution >= 4 is 64.2 Å². The van der Waals surface area contributed by atoms with E-state index in [0.717, 1.165) is 5.56 Å². The van der Waals surface area contributed by atoms with Gasteiger partial charge in [-0.15, -0.1) is 0 Å². The minimum Gasteiger partial charge on any atom is -0.496 e. The number of anilines is 1. The molecule has 7 nitrogen and oxygen atoms in total. The van der Waals surface area contributed by atoms with Crippen LogP contribution in [0.1, 0.15) is 21.6 Å². The van der Waals surface area contributed by atoms with Crippen molar-refractivity contribution < 1.29 is 14.3 Å². The number of hydrogen-bond donors (Lipinski definition) is 2. The Morgan fingerprint density at radius 3 is 2.53 bits per heavy atom. The van der Waals surface area contributed by atoms with Gasteiger partial charge in [-0.3, -0.25) is 4.79 Å². The van der Waals surface area contributed by atoms with Crippen molar-refractivity contribution in [2.24, 2.45) is 5.10 Å². The number of nitrogens with one attached hydrogen (secondary N) is 1. The molecule has 3 rings (SSSR count). The van der Waals surface area contributed by atoms with Gasteiger partial charge in [0, 0.05) is 10.6 Å². The van der Waals surface area contributed by atoms with Gasteiger partial charge in [-0.2, -0.15) is 5.10 Å². The number of hydrogen-bond acceptors (Lipinski definition) is 6. The van der Waals surface area contributed by atoms with Gasteiger partial charge in [-0.1, -0.05) is 46.4 Å². The molecule has 0 aliphatic heterocycles. The van der Waals surface area contributed by atoms with Gasteiger partial charge in [-0.25, -0.2) is 10.4 Å². The molecule has 0 spiro atoms. The van der Waals surface area contributed by atoms with Crippen LogP contribution in [0.3, 0.4) is 0 Å². The maximum absolute atomic E-state index is 12.3. The average Bonchev–Trinajstić information content (AvgIpc) is 2.79. The SMILES string of the molecule is COc1ccc(/C=N\NC(=O)c2nc(Cl)c(Cl)c(N)c2Cl)cc1COc1ccc(Cl)cc1. The average molecular weight is 514 g/mol. The lowest BCUT2D eigenvalue weighted by Crippen LogP contribution is -2.20. The molecule has 0 fully saturated rings. The van der Waals surface area contributed by atoms with Crippen molar-refractivity contribution in [1.29, 1.82) is 0 Å². The molecular formula is C21H16Cl4N4O3. The summed E-state index contributed by atoms with van der Waals surface area (Å²) in [6, 6.07) is 12.4. The number of halogens is 4. The molecule has 0 bridgehead atoms. The van der Waals surface area contributed by atoms with Crippen LogP contribution < -0.4 is 20.6 Å². The van der Waals surface area contributed by atoms with Crippen LogP contribution in [-0.2, 0) is 6.61 Å². The molecule has 1 aromatic heterocycles. The summed E-state index contributed by atoms with van der Waals surface area (Å²) >= 11 is 23.6. The van der Waals surface area contributed by atoms with E-state index in [4.69, 9.17) is 61.6 Å². The fourth-order valence-electron chi connectivity index (χ4n) is 2.58. The third kappa shape index (κ3) is 5.75. The molecule has 0 saturated carbocycles. The molecule has 11 heteroatoms. The molecule has 0 atom stereocenters. The van der Waals surface area contributed by atoms with Gasteiger partial charge in [0.05, 0.1) is 24.0 Å². The van der Waals surface area contributed by atoms with Crippen molar-refractivity contribution in [3.8, 4) is 11.5 Å². The number of nitrogens with zero attached hydrogens (tertiary/aromatic N) is 2. The van der Waals surface area contributed by atoms with Crippen molar-refractivity contribution in [1.82, 2.24) is 10.4 Å². The van der Waals surface area contributed by atoms with Crippen LogP contribution in [0.4, 0.5) is 5.69 Å². The largest absolute Gasteiger partial charge is 0.496 e. The molecular weight excluding hydrogens is 498 g/mol. The van der Waals surface area contributed by atoms with Crippen molar-refractivity contribution in [3.63, 3.8) is 0 Å². The van der Waals surface area contributed by atoms with E-state index in [2.05, 4.69) is 15.5 Å². The quantitative estimate of drug-likeness (QED) is 0.242. The molecule has 0 aliphatic rings. The Labute approximate surface area is 204 Å². The summed E-state index contributed by atoms with van der Waals surface area (Å²) in [5, 5.41) is 4.28. The molecule has 2 aromatic carbocycles. The number of methoxy groups -OCH3 is 1. The number of rotatable bonds is 7. The van der Waals surface area contributed by atoms with Gasteiger partial charge >= 0.3 is 0 Å². The lowest BCUT2D eigenvalue weighted by atomic mass is 10.1. The summed E-state index contributed by atoms with van der Waals surface area (Å²) in [5.74, 6) is 0.604. The summed E-state index contributed by atoms with van der Waals surface area (Å²) in [4.78, 5) is 16.2. The second kappa shape index (κ2) is 10.7. The predicted octanol–water partition coefficient (Wildman–Crippen LogP) is 5.63. The monoisotopic (exact) mass is 512 g/mol. The smallest absolute Gasteiger partial charge is 0.291 e. The van der Waals surface area contributed by atoms with E-state index in [9.17, 15) is 4.79 Å². The summed E-state index contributed by atoms with van der Waals surface area (Å²) in [7, 11) is 1.56. The number of ether oxygens (including phenoxy) is 2. The Bertz CT molecular complexity index is 1170. The maximum Gasteiger partial charge on any atom is 0.291 e. The predicted molar refractivity (Wildman–Crippen MR) is 128 cm³/mol. The molecule has 0 radical (unpaired) electrons. The number of nitrogens with two attached hydrogens (primary N) is 1. The molecule has 166 valence electrons. The first-order valence-electron chi connectivity index (χ1n) is 8.98. The lowest BCUT2D eigenvalue weighted by molar-refractivity contribution is 0.0950. The Kier molecular flexibility index (Phi) is 8.04. The normalized spacial score (nSPS) is 10.9. The molecule has 0 unspecified atom stereocenters. The molecule has 32 heavy (non-hydrogen) atoms. The van der Waals surface area contributed by atoms with Crippen LogP contribution in [0.5, 0.6) is 11.5 Å². The van der Waals surface area contributed by atoms with E-state index in [1.54, 1.807) is 43.5 Å². The first-order chi connectivity index (χ1) is 15.3. The fourth-order valence-corrected chi connectivity index (χ4v) is 3.30. The van der Waals surface area contributed by atoms with Crippen LogP contribution in [0.2, 0.25) is 20.2 Å². The van der Waals surface area contributed by atoms with Crippen LogP contribution in [0.25, 0.3) is 0 Å². The third-order valence-electron chi connectivity index (χ3n) is 4.18. The molecule has 1 heterocycles. The highest BCUT2D eigenvalue weighted by Gasteiger charge is 2.19. The van der Waals surface area contributed by atoms with Crippen LogP contribution in [0.15, 0.2) is 47.6 Å². The van der Waals surface area contributed by atoms with E-state index in [0.29, 0.717) is 22.1 Å². The second-order valence-corrected chi connectivity index (χ2v) is 7.86. The number of hydrazone groups is 1. The van der Waals surface area contributed by atoms with Crippen LogP contribution in [0, 0.1) is 0 Å². The zero-order chi connectivity index (χ0) is 23.3. The van der Waals surface area contributed by atoms with Gasteiger partial charge < -0.3 is 15.2 Å². The van der Waals surface area contributed by atoms with Gasteiger partial charge in [-0.05, 0) is 48.0 Å². The van der Waals surface area contributed by atoms with E-state index >= 15 is 0 Å². The number of nitrogen functional groups attached to an aromatic ring is 1. The molecule has 0 saturated heterocycles. The second-order valence-electron chi connectivity index (χ2n) is 6.31. The topological polar surface area (TPSA) is 98.8 Å². The minimum atomic E-state index is -0.698. The van der Waals surface area contributed by atoms with E-state index in [-0.39, 0.29) is 33.2 Å². The number of amides is 1. The molecule has 1 amide bonds. The summed E-state index contributed by atoms with van der Waals surface area (Å²) in [6.07, 6.45) is 1.44. The maximum atomic E-state index is 12.3. The van der Waals surface area contributed by atoms with E-state index in [1.807, 2.05) is 6.07 Å². The first kappa shape index (κ1) is 23.9. The van der Waals surface area contributed by atoms with Crippen molar-refractivity contribution in [3.05, 3.63) is 79.5 Å². The Balaban J connectivity index is 1.71. The van der Waals surface area contributed by atoms with E-state index in [1.165, 1.54) is 6.21 Å². The lowest BCUT2D eigenvalue weighted by Gasteiger charge is -2.11. The summed E-state index contributed by atoms with van der Waals surface area (Å²) < 4.78 is 11.2. The van der Waals surface area contributed by atoms with Gasteiger partial charge in [0.15, 0.2) is 10.8 Å². The van der Waals surface area contributed by atoms with Gasteiger partial charge in [0.1, 0.15) is 23.1 Å². The number of carbonyl (C=O) groups is 1. The number of aromatic nitrogens is 1. The molecule has 3 aromatic rings. The zero-order valence-corrected chi connectivity index (χ0v) is 19.6. The van der Waals surface area contributed by atoms with Crippen molar-refractivity contribution in [2.45, 2.75) is 6.61 Å². The summed E-state index contributed by atoms with van der Waals surface area (Å²) in [5.41, 5.74) is 9.29. The number of pyridine rings is 1. The highest BCUT2D eigenvalue weighted by molar-refractivity contribution is 6.46. The van der Waals surface area contributed by atoms with E-state index < -0.39 is 5.91 Å². The number of benzene rings is 2. The Morgan fingerprint density at radius 2 is 1.84 bits per heavy atom. The molecule has 0 aliphatic carbocycles. The summed E-state index contributed by atoms with van der Waals surface area (Å²) in [6.45, 7) is 0.251. The standard InChI is InChI=1S/C21H16Cl4N4O3/c1-31-15-7-2-11(8-12(15)10-32-14-5-3-13(22)4-6-14)9-27-29-21(30)19-16(23)18(26)17(24)20(25)28-19/h2-9H,10H2,1H3,(H2,26,28)(H,29,30)/b27-9-. The first-order valence-corrected chi connectivity index (χ1v) is 10.5.